The highest BCUT2D eigenvalue weighted by molar-refractivity contribution is 5.99. The number of fused-ring (bicyclic) bond motifs is 1. The molecule has 1 amide bonds. The minimum atomic E-state index is -0.976. The van der Waals surface area contributed by atoms with E-state index in [-0.39, 0.29) is 12.3 Å². The lowest BCUT2D eigenvalue weighted by atomic mass is 9.96. The third-order valence-electron chi connectivity index (χ3n) is 3.01. The smallest absolute Gasteiger partial charge is 0.304 e. The molecule has 0 aliphatic carbocycles. The standard InChI is InChI=1S/C12H15N3O3/c13-8(5-11(17)18)12(14)6-1-2-9-7(3-6)4-10(16)15-9/h1-3,8,12H,4-5,13-14H2,(H,15,16)(H,17,18). The lowest BCUT2D eigenvalue weighted by Crippen LogP contribution is -2.36. The van der Waals surface area contributed by atoms with E-state index in [0.29, 0.717) is 6.42 Å². The van der Waals surface area contributed by atoms with Gasteiger partial charge in [-0.1, -0.05) is 12.1 Å². The molecule has 1 aromatic rings. The summed E-state index contributed by atoms with van der Waals surface area (Å²) >= 11 is 0. The van der Waals surface area contributed by atoms with Crippen molar-refractivity contribution in [3.8, 4) is 0 Å². The van der Waals surface area contributed by atoms with Gasteiger partial charge in [-0.25, -0.2) is 0 Å². The molecule has 0 saturated heterocycles. The van der Waals surface area contributed by atoms with Crippen molar-refractivity contribution in [3.63, 3.8) is 0 Å². The number of nitrogens with one attached hydrogen (secondary N) is 1. The Hall–Kier alpha value is -1.92. The summed E-state index contributed by atoms with van der Waals surface area (Å²) in [6.45, 7) is 0. The molecule has 0 spiro atoms. The first-order valence-corrected chi connectivity index (χ1v) is 5.63. The van der Waals surface area contributed by atoms with Crippen LogP contribution >= 0.6 is 0 Å². The Morgan fingerprint density at radius 3 is 2.83 bits per heavy atom. The monoisotopic (exact) mass is 249 g/mol. The normalized spacial score (nSPS) is 16.9. The van der Waals surface area contributed by atoms with Crippen LogP contribution in [0.3, 0.4) is 0 Å². The molecule has 1 aliphatic rings. The summed E-state index contributed by atoms with van der Waals surface area (Å²) in [4.78, 5) is 21.8. The van der Waals surface area contributed by atoms with E-state index in [2.05, 4.69) is 5.32 Å². The molecule has 2 rings (SSSR count). The first-order valence-electron chi connectivity index (χ1n) is 5.63. The average Bonchev–Trinajstić information content (AvgIpc) is 2.65. The molecule has 0 fully saturated rings. The second-order valence-corrected chi connectivity index (χ2v) is 4.43. The van der Waals surface area contributed by atoms with E-state index in [1.165, 1.54) is 0 Å². The Kier molecular flexibility index (Phi) is 3.31. The van der Waals surface area contributed by atoms with Gasteiger partial charge in [0.25, 0.3) is 0 Å². The van der Waals surface area contributed by atoms with Crippen LogP contribution in [0.25, 0.3) is 0 Å². The number of carboxylic acids is 1. The zero-order valence-corrected chi connectivity index (χ0v) is 9.72. The van der Waals surface area contributed by atoms with Crippen LogP contribution in [0.4, 0.5) is 5.69 Å². The molecule has 2 unspecified atom stereocenters. The number of carbonyl (C=O) groups is 2. The number of hydrogen-bond donors (Lipinski definition) is 4. The van der Waals surface area contributed by atoms with E-state index < -0.39 is 18.1 Å². The molecule has 2 atom stereocenters. The van der Waals surface area contributed by atoms with Crippen molar-refractivity contribution in [1.82, 2.24) is 0 Å². The number of rotatable bonds is 4. The van der Waals surface area contributed by atoms with E-state index in [9.17, 15) is 9.59 Å². The van der Waals surface area contributed by atoms with Gasteiger partial charge in [0.05, 0.1) is 12.8 Å². The summed E-state index contributed by atoms with van der Waals surface area (Å²) < 4.78 is 0. The van der Waals surface area contributed by atoms with Crippen molar-refractivity contribution in [1.29, 1.82) is 0 Å². The Balaban J connectivity index is 2.17. The molecule has 0 radical (unpaired) electrons. The van der Waals surface area contributed by atoms with Gasteiger partial charge < -0.3 is 21.9 Å². The van der Waals surface area contributed by atoms with E-state index in [1.54, 1.807) is 18.2 Å². The van der Waals surface area contributed by atoms with Gasteiger partial charge >= 0.3 is 5.97 Å². The topological polar surface area (TPSA) is 118 Å². The van der Waals surface area contributed by atoms with Crippen LogP contribution in [0.5, 0.6) is 0 Å². The zero-order chi connectivity index (χ0) is 13.3. The number of hydrogen-bond acceptors (Lipinski definition) is 4. The van der Waals surface area contributed by atoms with E-state index >= 15 is 0 Å². The maximum atomic E-state index is 11.2. The average molecular weight is 249 g/mol. The number of carboxylic acid groups (broad SMARTS) is 1. The summed E-state index contributed by atoms with van der Waals surface area (Å²) in [7, 11) is 0. The third-order valence-corrected chi connectivity index (χ3v) is 3.01. The van der Waals surface area contributed by atoms with Crippen molar-refractivity contribution in [2.45, 2.75) is 24.9 Å². The molecule has 1 aromatic carbocycles. The Bertz CT molecular complexity index is 501. The predicted molar refractivity (Wildman–Crippen MR) is 65.9 cm³/mol. The molecule has 0 aromatic heterocycles. The molecule has 18 heavy (non-hydrogen) atoms. The lowest BCUT2D eigenvalue weighted by Gasteiger charge is -2.19. The van der Waals surface area contributed by atoms with Gasteiger partial charge in [-0.15, -0.1) is 0 Å². The molecular formula is C12H15N3O3. The summed E-state index contributed by atoms with van der Waals surface area (Å²) in [5.74, 6) is -1.03. The summed E-state index contributed by atoms with van der Waals surface area (Å²) in [5, 5.41) is 11.4. The fourth-order valence-corrected chi connectivity index (χ4v) is 2.03. The lowest BCUT2D eigenvalue weighted by molar-refractivity contribution is -0.137. The van der Waals surface area contributed by atoms with Crippen LogP contribution in [0.15, 0.2) is 18.2 Å². The van der Waals surface area contributed by atoms with Gasteiger partial charge in [0.2, 0.25) is 5.91 Å². The molecule has 6 heteroatoms. The van der Waals surface area contributed by atoms with Gasteiger partial charge in [-0.2, -0.15) is 0 Å². The molecule has 6 N–H and O–H groups in total. The van der Waals surface area contributed by atoms with Crippen LogP contribution in [0.1, 0.15) is 23.6 Å². The summed E-state index contributed by atoms with van der Waals surface area (Å²) in [5.41, 5.74) is 14.1. The van der Waals surface area contributed by atoms with Crippen LogP contribution in [0.2, 0.25) is 0 Å². The van der Waals surface area contributed by atoms with Gasteiger partial charge in [0.1, 0.15) is 0 Å². The molecule has 96 valence electrons. The number of nitrogens with two attached hydrogens (primary N) is 2. The molecule has 6 nitrogen and oxygen atoms in total. The molecule has 0 saturated carbocycles. The molecular weight excluding hydrogens is 234 g/mol. The van der Waals surface area contributed by atoms with E-state index in [4.69, 9.17) is 16.6 Å². The highest BCUT2D eigenvalue weighted by Crippen LogP contribution is 2.26. The van der Waals surface area contributed by atoms with Crippen molar-refractivity contribution in [3.05, 3.63) is 29.3 Å². The van der Waals surface area contributed by atoms with Crippen LogP contribution in [0, 0.1) is 0 Å². The van der Waals surface area contributed by atoms with Gasteiger partial charge in [-0.05, 0) is 17.2 Å². The zero-order valence-electron chi connectivity index (χ0n) is 9.72. The summed E-state index contributed by atoms with van der Waals surface area (Å²) in [6.07, 6.45) is 0.138. The molecule has 0 bridgehead atoms. The van der Waals surface area contributed by atoms with Crippen LogP contribution in [-0.2, 0) is 16.0 Å². The predicted octanol–water partition coefficient (Wildman–Crippen LogP) is -0.0170. The maximum absolute atomic E-state index is 11.2. The number of amides is 1. The van der Waals surface area contributed by atoms with Crippen molar-refractivity contribution < 1.29 is 14.7 Å². The minimum Gasteiger partial charge on any atom is -0.481 e. The van der Waals surface area contributed by atoms with Crippen LogP contribution < -0.4 is 16.8 Å². The van der Waals surface area contributed by atoms with Gasteiger partial charge in [0.15, 0.2) is 0 Å². The second kappa shape index (κ2) is 4.75. The van der Waals surface area contributed by atoms with Gasteiger partial charge in [-0.3, -0.25) is 9.59 Å². The van der Waals surface area contributed by atoms with Crippen molar-refractivity contribution >= 4 is 17.6 Å². The molecule has 1 heterocycles. The highest BCUT2D eigenvalue weighted by atomic mass is 16.4. The van der Waals surface area contributed by atoms with Gasteiger partial charge in [0, 0.05) is 17.8 Å². The van der Waals surface area contributed by atoms with Crippen molar-refractivity contribution in [2.75, 3.05) is 5.32 Å². The Labute approximate surface area is 104 Å². The van der Waals surface area contributed by atoms with E-state index in [1.807, 2.05) is 0 Å². The SMILES string of the molecule is NC(CC(=O)O)C(N)c1ccc2c(c1)CC(=O)N2. The van der Waals surface area contributed by atoms with E-state index in [0.717, 1.165) is 16.8 Å². The minimum absolute atomic E-state index is 0.0504. The summed E-state index contributed by atoms with van der Waals surface area (Å²) in [6, 6.07) is 4.13. The third kappa shape index (κ3) is 2.49. The fraction of sp³-hybridized carbons (Fsp3) is 0.333. The largest absolute Gasteiger partial charge is 0.481 e. The fourth-order valence-electron chi connectivity index (χ4n) is 2.03. The maximum Gasteiger partial charge on any atom is 0.304 e. The molecule has 1 aliphatic heterocycles. The highest BCUT2D eigenvalue weighted by Gasteiger charge is 2.22. The second-order valence-electron chi connectivity index (χ2n) is 4.43. The number of aliphatic carboxylic acids is 1. The van der Waals surface area contributed by atoms with Crippen molar-refractivity contribution in [2.24, 2.45) is 11.5 Å². The van der Waals surface area contributed by atoms with Crippen LogP contribution in [-0.4, -0.2) is 23.0 Å². The number of carbonyl (C=O) groups excluding carboxylic acids is 1. The number of benzene rings is 1. The number of anilines is 1. The Morgan fingerprint density at radius 1 is 1.44 bits per heavy atom. The quantitative estimate of drug-likeness (QED) is 0.598. The first kappa shape index (κ1) is 12.5. The first-order chi connectivity index (χ1) is 8.47. The Morgan fingerprint density at radius 2 is 2.17 bits per heavy atom.